The minimum Gasteiger partial charge on any atom is -0.395 e. The van der Waals surface area contributed by atoms with Crippen molar-refractivity contribution in [3.8, 4) is 0 Å². The summed E-state index contributed by atoms with van der Waals surface area (Å²) in [4.78, 5) is 4.10. The van der Waals surface area contributed by atoms with Crippen molar-refractivity contribution in [1.82, 2.24) is 10.3 Å². The van der Waals surface area contributed by atoms with Crippen molar-refractivity contribution >= 4 is 11.8 Å². The van der Waals surface area contributed by atoms with E-state index < -0.39 is 0 Å². The Morgan fingerprint density at radius 2 is 2.25 bits per heavy atom. The van der Waals surface area contributed by atoms with Gasteiger partial charge in [0, 0.05) is 29.7 Å². The summed E-state index contributed by atoms with van der Waals surface area (Å²) >= 11 is 1.69. The van der Waals surface area contributed by atoms with Crippen LogP contribution in [0.1, 0.15) is 25.5 Å². The zero-order valence-corrected chi connectivity index (χ0v) is 10.9. The van der Waals surface area contributed by atoms with Crippen LogP contribution >= 0.6 is 11.8 Å². The fraction of sp³-hybridized carbons (Fsp3) is 0.583. The van der Waals surface area contributed by atoms with E-state index in [2.05, 4.69) is 30.2 Å². The number of nitrogens with zero attached hydrogens (tertiary/aromatic N) is 1. The molecule has 0 saturated heterocycles. The Morgan fingerprint density at radius 3 is 2.75 bits per heavy atom. The summed E-state index contributed by atoms with van der Waals surface area (Å²) in [5.41, 5.74) is 1.17. The molecule has 0 aliphatic carbocycles. The molecule has 2 N–H and O–H groups in total. The average Bonchev–Trinajstić information content (AvgIpc) is 2.31. The molecule has 3 atom stereocenters. The molecular weight excluding hydrogens is 220 g/mol. The SMILES string of the molecule is CSC(CO)C(C)NC(C)c1cccnc1. The van der Waals surface area contributed by atoms with Crippen molar-refractivity contribution in [3.05, 3.63) is 30.1 Å². The number of aromatic nitrogens is 1. The summed E-state index contributed by atoms with van der Waals surface area (Å²) < 4.78 is 0. The van der Waals surface area contributed by atoms with Crippen LogP contribution in [-0.2, 0) is 0 Å². The molecule has 3 nitrogen and oxygen atoms in total. The molecule has 0 fully saturated rings. The smallest absolute Gasteiger partial charge is 0.0564 e. The van der Waals surface area contributed by atoms with Crippen molar-refractivity contribution in [2.24, 2.45) is 0 Å². The lowest BCUT2D eigenvalue weighted by Crippen LogP contribution is -2.38. The minimum absolute atomic E-state index is 0.203. The summed E-state index contributed by atoms with van der Waals surface area (Å²) in [5, 5.41) is 12.9. The number of hydrogen-bond donors (Lipinski definition) is 2. The first-order valence-corrected chi connectivity index (χ1v) is 6.77. The highest BCUT2D eigenvalue weighted by Gasteiger charge is 2.17. The molecule has 0 saturated carbocycles. The normalized spacial score (nSPS) is 16.8. The number of hydrogen-bond acceptors (Lipinski definition) is 4. The molecular formula is C12H20N2OS. The second kappa shape index (κ2) is 6.89. The largest absolute Gasteiger partial charge is 0.395 e. The third kappa shape index (κ3) is 3.77. The Bertz CT molecular complexity index is 290. The summed E-state index contributed by atoms with van der Waals surface area (Å²) in [6, 6.07) is 4.53. The topological polar surface area (TPSA) is 45.1 Å². The Morgan fingerprint density at radius 1 is 1.50 bits per heavy atom. The first-order valence-electron chi connectivity index (χ1n) is 5.48. The van der Waals surface area contributed by atoms with Gasteiger partial charge in [0.15, 0.2) is 0 Å². The van der Waals surface area contributed by atoms with Gasteiger partial charge in [0.05, 0.1) is 6.61 Å². The molecule has 1 aromatic heterocycles. The lowest BCUT2D eigenvalue weighted by molar-refractivity contribution is 0.272. The second-order valence-corrected chi connectivity index (χ2v) is 5.00. The maximum absolute atomic E-state index is 9.21. The van der Waals surface area contributed by atoms with Gasteiger partial charge in [-0.25, -0.2) is 0 Å². The highest BCUT2D eigenvalue weighted by Crippen LogP contribution is 2.16. The summed E-state index contributed by atoms with van der Waals surface area (Å²) in [5.74, 6) is 0. The number of nitrogens with one attached hydrogen (secondary N) is 1. The van der Waals surface area contributed by atoms with Crippen molar-refractivity contribution < 1.29 is 5.11 Å². The predicted molar refractivity (Wildman–Crippen MR) is 69.6 cm³/mol. The molecule has 0 aliphatic heterocycles. The van der Waals surface area contributed by atoms with E-state index in [4.69, 9.17) is 0 Å². The zero-order chi connectivity index (χ0) is 12.0. The van der Waals surface area contributed by atoms with Gasteiger partial charge in [0.1, 0.15) is 0 Å². The minimum atomic E-state index is 0.203. The molecule has 0 spiro atoms. The van der Waals surface area contributed by atoms with Gasteiger partial charge < -0.3 is 10.4 Å². The molecule has 0 amide bonds. The molecule has 0 aliphatic rings. The van der Waals surface area contributed by atoms with Gasteiger partial charge in [-0.15, -0.1) is 0 Å². The molecule has 16 heavy (non-hydrogen) atoms. The van der Waals surface area contributed by atoms with E-state index in [1.807, 2.05) is 18.5 Å². The molecule has 0 bridgehead atoms. The first-order chi connectivity index (χ1) is 7.69. The highest BCUT2D eigenvalue weighted by molar-refractivity contribution is 7.99. The van der Waals surface area contributed by atoms with Gasteiger partial charge in [0.2, 0.25) is 0 Å². The Kier molecular flexibility index (Phi) is 5.80. The van der Waals surface area contributed by atoms with Crippen LogP contribution in [0.25, 0.3) is 0 Å². The van der Waals surface area contributed by atoms with Crippen LogP contribution < -0.4 is 5.32 Å². The van der Waals surface area contributed by atoms with Crippen LogP contribution in [0.3, 0.4) is 0 Å². The maximum Gasteiger partial charge on any atom is 0.0564 e. The predicted octanol–water partition coefficient (Wildman–Crippen LogP) is 1.84. The number of aliphatic hydroxyl groups excluding tert-OH is 1. The lowest BCUT2D eigenvalue weighted by Gasteiger charge is -2.25. The Labute approximate surface area is 102 Å². The summed E-state index contributed by atoms with van der Waals surface area (Å²) in [7, 11) is 0. The molecule has 1 heterocycles. The molecule has 3 unspecified atom stereocenters. The first kappa shape index (κ1) is 13.5. The molecule has 1 rings (SSSR count). The second-order valence-electron chi connectivity index (χ2n) is 3.92. The van der Waals surface area contributed by atoms with Gasteiger partial charge in [-0.05, 0) is 31.7 Å². The number of aliphatic hydroxyl groups is 1. The fourth-order valence-corrected chi connectivity index (χ4v) is 2.30. The third-order valence-electron chi connectivity index (χ3n) is 2.74. The van der Waals surface area contributed by atoms with Crippen molar-refractivity contribution in [3.63, 3.8) is 0 Å². The van der Waals surface area contributed by atoms with Crippen LogP contribution in [0.2, 0.25) is 0 Å². The van der Waals surface area contributed by atoms with Gasteiger partial charge in [-0.1, -0.05) is 6.07 Å². The van der Waals surface area contributed by atoms with E-state index in [0.717, 1.165) is 0 Å². The van der Waals surface area contributed by atoms with Crippen molar-refractivity contribution in [1.29, 1.82) is 0 Å². The monoisotopic (exact) mass is 240 g/mol. The average molecular weight is 240 g/mol. The molecule has 90 valence electrons. The third-order valence-corrected chi connectivity index (χ3v) is 3.90. The van der Waals surface area contributed by atoms with Gasteiger partial charge >= 0.3 is 0 Å². The van der Waals surface area contributed by atoms with Crippen LogP contribution in [0.4, 0.5) is 0 Å². The van der Waals surface area contributed by atoms with Crippen molar-refractivity contribution in [2.45, 2.75) is 31.2 Å². The molecule has 0 aromatic carbocycles. The quantitative estimate of drug-likeness (QED) is 0.796. The van der Waals surface area contributed by atoms with E-state index >= 15 is 0 Å². The van der Waals surface area contributed by atoms with Crippen molar-refractivity contribution in [2.75, 3.05) is 12.9 Å². The van der Waals surface area contributed by atoms with Gasteiger partial charge in [0.25, 0.3) is 0 Å². The lowest BCUT2D eigenvalue weighted by atomic mass is 10.1. The van der Waals surface area contributed by atoms with E-state index in [9.17, 15) is 5.11 Å². The Hall–Kier alpha value is -0.580. The van der Waals surface area contributed by atoms with Crippen LogP contribution in [0, 0.1) is 0 Å². The molecule has 4 heteroatoms. The standard InChI is InChI=1S/C12H20N2OS/c1-9(11-5-4-6-13-7-11)14-10(2)12(8-15)16-3/h4-7,9-10,12,14-15H,8H2,1-3H3. The van der Waals surface area contributed by atoms with Crippen LogP contribution in [-0.4, -0.2) is 34.2 Å². The van der Waals surface area contributed by atoms with E-state index in [1.54, 1.807) is 18.0 Å². The van der Waals surface area contributed by atoms with Gasteiger partial charge in [-0.2, -0.15) is 11.8 Å². The fourth-order valence-electron chi connectivity index (χ4n) is 1.67. The number of pyridine rings is 1. The summed E-state index contributed by atoms with van der Waals surface area (Å²) in [6.07, 6.45) is 5.67. The van der Waals surface area contributed by atoms with Gasteiger partial charge in [-0.3, -0.25) is 4.98 Å². The maximum atomic E-state index is 9.21. The number of thioether (sulfide) groups is 1. The highest BCUT2D eigenvalue weighted by atomic mass is 32.2. The molecule has 0 radical (unpaired) electrons. The Balaban J connectivity index is 2.54. The van der Waals surface area contributed by atoms with E-state index in [0.29, 0.717) is 0 Å². The summed E-state index contributed by atoms with van der Waals surface area (Å²) in [6.45, 7) is 4.42. The van der Waals surface area contributed by atoms with Crippen LogP contribution in [0.15, 0.2) is 24.5 Å². The zero-order valence-electron chi connectivity index (χ0n) is 10.1. The van der Waals surface area contributed by atoms with E-state index in [-0.39, 0.29) is 23.9 Å². The van der Waals surface area contributed by atoms with Crippen LogP contribution in [0.5, 0.6) is 0 Å². The number of rotatable bonds is 6. The molecule has 1 aromatic rings. The van der Waals surface area contributed by atoms with E-state index in [1.165, 1.54) is 5.56 Å².